The maximum Gasteiger partial charge on any atom is 0.250 e. The summed E-state index contributed by atoms with van der Waals surface area (Å²) >= 11 is 11.5. The Balaban J connectivity index is 2.46. The Labute approximate surface area is 101 Å². The highest BCUT2D eigenvalue weighted by molar-refractivity contribution is 6.30. The van der Waals surface area contributed by atoms with Crippen molar-refractivity contribution in [2.24, 2.45) is 0 Å². The van der Waals surface area contributed by atoms with Crippen LogP contribution in [0.15, 0.2) is 22.6 Å². The lowest BCUT2D eigenvalue weighted by Crippen LogP contribution is -1.84. The van der Waals surface area contributed by atoms with Gasteiger partial charge in [0.15, 0.2) is 0 Å². The summed E-state index contributed by atoms with van der Waals surface area (Å²) in [6.45, 7) is 1.69. The van der Waals surface area contributed by atoms with Gasteiger partial charge in [-0.15, -0.1) is 21.8 Å². The maximum atomic E-state index is 13.4. The lowest BCUT2D eigenvalue weighted by atomic mass is 10.2. The minimum atomic E-state index is -0.471. The van der Waals surface area contributed by atoms with E-state index in [0.29, 0.717) is 5.02 Å². The van der Waals surface area contributed by atoms with Crippen LogP contribution in [-0.2, 0) is 0 Å². The Hall–Kier alpha value is -1.13. The summed E-state index contributed by atoms with van der Waals surface area (Å²) in [5.41, 5.74) is 0.170. The van der Waals surface area contributed by atoms with Crippen molar-refractivity contribution in [1.82, 2.24) is 10.2 Å². The summed E-state index contributed by atoms with van der Waals surface area (Å²) < 4.78 is 18.7. The van der Waals surface area contributed by atoms with Crippen LogP contribution in [0.2, 0.25) is 5.02 Å². The highest BCUT2D eigenvalue weighted by atomic mass is 35.5. The third-order valence-electron chi connectivity index (χ3n) is 1.94. The maximum absolute atomic E-state index is 13.4. The van der Waals surface area contributed by atoms with Crippen LogP contribution in [0, 0.1) is 5.82 Å². The molecule has 1 atom stereocenters. The zero-order chi connectivity index (χ0) is 11.7. The zero-order valence-electron chi connectivity index (χ0n) is 8.25. The monoisotopic (exact) mass is 260 g/mol. The molecule has 0 bridgehead atoms. The smallest absolute Gasteiger partial charge is 0.250 e. The number of aromatic nitrogens is 2. The van der Waals surface area contributed by atoms with Crippen molar-refractivity contribution in [1.29, 1.82) is 0 Å². The van der Waals surface area contributed by atoms with E-state index in [9.17, 15) is 4.39 Å². The van der Waals surface area contributed by atoms with E-state index in [-0.39, 0.29) is 17.3 Å². The third-order valence-corrected chi connectivity index (χ3v) is 2.36. The molecule has 0 aliphatic heterocycles. The van der Waals surface area contributed by atoms with E-state index in [1.807, 2.05) is 0 Å². The van der Waals surface area contributed by atoms with Crippen molar-refractivity contribution in [3.63, 3.8) is 0 Å². The number of rotatable bonds is 2. The second-order valence-electron chi connectivity index (χ2n) is 3.19. The number of halogens is 3. The molecule has 0 N–H and O–H groups in total. The van der Waals surface area contributed by atoms with Gasteiger partial charge < -0.3 is 4.42 Å². The van der Waals surface area contributed by atoms with Crippen molar-refractivity contribution in [2.75, 3.05) is 0 Å². The molecule has 2 rings (SSSR count). The summed E-state index contributed by atoms with van der Waals surface area (Å²) in [4.78, 5) is 0. The molecule has 1 aromatic heterocycles. The fourth-order valence-electron chi connectivity index (χ4n) is 1.17. The molecule has 1 aromatic carbocycles. The normalized spacial score (nSPS) is 12.8. The van der Waals surface area contributed by atoms with Crippen molar-refractivity contribution in [3.05, 3.63) is 34.9 Å². The quantitative estimate of drug-likeness (QED) is 0.771. The molecule has 0 fully saturated rings. The van der Waals surface area contributed by atoms with Crippen molar-refractivity contribution < 1.29 is 8.81 Å². The van der Waals surface area contributed by atoms with E-state index in [2.05, 4.69) is 10.2 Å². The predicted octanol–water partition coefficient (Wildman–Crippen LogP) is 3.83. The Morgan fingerprint density at radius 2 is 2.12 bits per heavy atom. The van der Waals surface area contributed by atoms with Gasteiger partial charge in [-0.3, -0.25) is 0 Å². The van der Waals surface area contributed by atoms with Crippen LogP contribution in [0.5, 0.6) is 0 Å². The molecule has 84 valence electrons. The van der Waals surface area contributed by atoms with Crippen molar-refractivity contribution in [3.8, 4) is 11.5 Å². The van der Waals surface area contributed by atoms with E-state index in [4.69, 9.17) is 27.6 Å². The second-order valence-corrected chi connectivity index (χ2v) is 4.28. The van der Waals surface area contributed by atoms with Crippen LogP contribution in [-0.4, -0.2) is 10.2 Å². The Bertz CT molecular complexity index is 513. The van der Waals surface area contributed by atoms with Crippen LogP contribution < -0.4 is 0 Å². The van der Waals surface area contributed by atoms with Crippen LogP contribution in [0.1, 0.15) is 18.2 Å². The highest BCUT2D eigenvalue weighted by Crippen LogP contribution is 2.27. The number of hydrogen-bond acceptors (Lipinski definition) is 3. The minimum Gasteiger partial charge on any atom is -0.419 e. The fraction of sp³-hybridized carbons (Fsp3) is 0.200. The minimum absolute atomic E-state index is 0.0718. The Morgan fingerprint density at radius 1 is 1.38 bits per heavy atom. The van der Waals surface area contributed by atoms with Gasteiger partial charge in [0.2, 0.25) is 5.89 Å². The van der Waals surface area contributed by atoms with Gasteiger partial charge in [0.05, 0.1) is 5.56 Å². The van der Waals surface area contributed by atoms with E-state index < -0.39 is 11.2 Å². The molecule has 3 nitrogen and oxygen atoms in total. The van der Waals surface area contributed by atoms with E-state index in [1.165, 1.54) is 18.2 Å². The van der Waals surface area contributed by atoms with Gasteiger partial charge >= 0.3 is 0 Å². The summed E-state index contributed by atoms with van der Waals surface area (Å²) in [5, 5.41) is 7.40. The van der Waals surface area contributed by atoms with Gasteiger partial charge in [0, 0.05) is 5.02 Å². The lowest BCUT2D eigenvalue weighted by Gasteiger charge is -1.98. The van der Waals surface area contributed by atoms with Crippen LogP contribution in [0.25, 0.3) is 11.5 Å². The molecular weight excluding hydrogens is 254 g/mol. The predicted molar refractivity (Wildman–Crippen MR) is 59.0 cm³/mol. The van der Waals surface area contributed by atoms with E-state index in [0.717, 1.165) is 0 Å². The fourth-order valence-corrected chi connectivity index (χ4v) is 1.43. The molecule has 0 saturated carbocycles. The molecule has 16 heavy (non-hydrogen) atoms. The van der Waals surface area contributed by atoms with Gasteiger partial charge in [-0.25, -0.2) is 4.39 Å². The molecule has 0 aliphatic carbocycles. The first-order valence-corrected chi connectivity index (χ1v) is 5.32. The first kappa shape index (κ1) is 11.4. The van der Waals surface area contributed by atoms with Crippen molar-refractivity contribution in [2.45, 2.75) is 12.3 Å². The van der Waals surface area contributed by atoms with Gasteiger partial charge in [0.1, 0.15) is 11.2 Å². The number of benzene rings is 1. The summed E-state index contributed by atoms with van der Waals surface area (Å²) in [6, 6.07) is 4.11. The molecule has 6 heteroatoms. The first-order chi connectivity index (χ1) is 7.58. The molecule has 0 spiro atoms. The molecule has 0 saturated heterocycles. The Kier molecular flexibility index (Phi) is 3.12. The standard InChI is InChI=1S/C10H7Cl2FN2O/c1-5(11)9-14-15-10(16-9)7-4-6(12)2-3-8(7)13/h2-5H,1H3. The average Bonchev–Trinajstić information content (AvgIpc) is 2.70. The zero-order valence-corrected chi connectivity index (χ0v) is 9.76. The van der Waals surface area contributed by atoms with Crippen LogP contribution >= 0.6 is 23.2 Å². The lowest BCUT2D eigenvalue weighted by molar-refractivity contribution is 0.503. The third kappa shape index (κ3) is 2.18. The van der Waals surface area contributed by atoms with Crippen LogP contribution in [0.4, 0.5) is 4.39 Å². The summed E-state index contributed by atoms with van der Waals surface area (Å²) in [5.74, 6) is -0.152. The van der Waals surface area contributed by atoms with Crippen molar-refractivity contribution >= 4 is 23.2 Å². The van der Waals surface area contributed by atoms with Gasteiger partial charge in [-0.2, -0.15) is 0 Å². The topological polar surface area (TPSA) is 38.9 Å². The van der Waals surface area contributed by atoms with Gasteiger partial charge in [-0.05, 0) is 25.1 Å². The van der Waals surface area contributed by atoms with Gasteiger partial charge in [0.25, 0.3) is 5.89 Å². The SMILES string of the molecule is CC(Cl)c1nnc(-c2cc(Cl)ccc2F)o1. The first-order valence-electron chi connectivity index (χ1n) is 4.51. The molecule has 2 aromatic rings. The second kappa shape index (κ2) is 4.39. The largest absolute Gasteiger partial charge is 0.419 e. The molecule has 0 radical (unpaired) electrons. The van der Waals surface area contributed by atoms with E-state index in [1.54, 1.807) is 6.92 Å². The number of nitrogens with zero attached hydrogens (tertiary/aromatic N) is 2. The van der Waals surface area contributed by atoms with Gasteiger partial charge in [-0.1, -0.05) is 11.6 Å². The number of hydrogen-bond donors (Lipinski definition) is 0. The Morgan fingerprint density at radius 3 is 2.75 bits per heavy atom. The molecule has 1 unspecified atom stereocenters. The van der Waals surface area contributed by atoms with E-state index >= 15 is 0 Å². The average molecular weight is 261 g/mol. The highest BCUT2D eigenvalue weighted by Gasteiger charge is 2.15. The molecule has 1 heterocycles. The molecular formula is C10H7Cl2FN2O. The summed E-state index contributed by atoms with van der Waals surface area (Å²) in [7, 11) is 0. The summed E-state index contributed by atoms with van der Waals surface area (Å²) in [6.07, 6.45) is 0. The number of alkyl halides is 1. The van der Waals surface area contributed by atoms with Crippen LogP contribution in [0.3, 0.4) is 0 Å². The molecule has 0 aliphatic rings. The molecule has 0 amide bonds.